The Bertz CT molecular complexity index is 1590. The van der Waals surface area contributed by atoms with E-state index in [0.717, 1.165) is 29.3 Å². The van der Waals surface area contributed by atoms with Crippen LogP contribution in [0.15, 0.2) is 66.7 Å². The Morgan fingerprint density at radius 1 is 0.973 bits per heavy atom. The average Bonchev–Trinajstić information content (AvgIpc) is 3.54. The molecule has 3 aliphatic rings. The standard InChI is InChI=1S/C32H32BNO2S/c1-31(2,35)32(3,4)36-33-20-16-17-26-25(18-20)21-10-5-6-11-22(21)28-19-34(26,28)27-14-9-13-24-23-12-7-8-15-29(23)37-30(24)27/h5-7,9-14,16-18,28,35H,8,15,19H2,1-4H3/q+1. The number of benzene rings is 3. The van der Waals surface area contributed by atoms with Gasteiger partial charge in [-0.2, -0.15) is 0 Å². The molecule has 1 radical (unpaired) electrons. The molecule has 1 fully saturated rings. The Balaban J connectivity index is 1.36. The van der Waals surface area contributed by atoms with Crippen molar-refractivity contribution in [2.24, 2.45) is 0 Å². The van der Waals surface area contributed by atoms with Gasteiger partial charge >= 0.3 is 7.48 Å². The van der Waals surface area contributed by atoms with E-state index in [-0.39, 0.29) is 0 Å². The molecule has 0 saturated carbocycles. The fraction of sp³-hybridized carbons (Fsp3) is 0.312. The van der Waals surface area contributed by atoms with Gasteiger partial charge in [-0.3, -0.25) is 0 Å². The predicted octanol–water partition coefficient (Wildman–Crippen LogP) is 7.05. The summed E-state index contributed by atoms with van der Waals surface area (Å²) >= 11 is 2.00. The van der Waals surface area contributed by atoms with Crippen LogP contribution in [0, 0.1) is 0 Å². The highest BCUT2D eigenvalue weighted by molar-refractivity contribution is 7.20. The van der Waals surface area contributed by atoms with Gasteiger partial charge < -0.3 is 9.76 Å². The zero-order valence-corrected chi connectivity index (χ0v) is 22.7. The number of aliphatic hydroxyl groups is 1. The second-order valence-electron chi connectivity index (χ2n) is 11.8. The van der Waals surface area contributed by atoms with Gasteiger partial charge in [-0.1, -0.05) is 66.1 Å². The molecule has 37 heavy (non-hydrogen) atoms. The summed E-state index contributed by atoms with van der Waals surface area (Å²) in [5, 5.41) is 11.9. The van der Waals surface area contributed by atoms with Gasteiger partial charge in [0, 0.05) is 27.5 Å². The smallest absolute Gasteiger partial charge is 0.330 e. The summed E-state index contributed by atoms with van der Waals surface area (Å²) in [4.78, 5) is 1.52. The number of allylic oxidation sites excluding steroid dienone is 1. The lowest BCUT2D eigenvalue weighted by Crippen LogP contribution is -2.49. The molecular formula is C32H32BNO2S+. The van der Waals surface area contributed by atoms with E-state index >= 15 is 0 Å². The number of fused-ring (bicyclic) bond motifs is 9. The molecule has 4 aromatic rings. The molecular weight excluding hydrogens is 473 g/mol. The molecule has 2 unspecified atom stereocenters. The van der Waals surface area contributed by atoms with E-state index in [2.05, 4.69) is 72.8 Å². The zero-order chi connectivity index (χ0) is 25.6. The van der Waals surface area contributed by atoms with Crippen LogP contribution in [0.2, 0.25) is 0 Å². The highest BCUT2D eigenvalue weighted by Crippen LogP contribution is 2.65. The maximum Gasteiger partial charge on any atom is 0.330 e. The third-order valence-electron chi connectivity index (χ3n) is 8.95. The van der Waals surface area contributed by atoms with Crippen molar-refractivity contribution in [3.63, 3.8) is 0 Å². The van der Waals surface area contributed by atoms with Gasteiger partial charge in [0.05, 0.1) is 15.9 Å². The van der Waals surface area contributed by atoms with E-state index in [0.29, 0.717) is 6.04 Å². The molecule has 5 heteroatoms. The van der Waals surface area contributed by atoms with Gasteiger partial charge in [0.2, 0.25) is 0 Å². The van der Waals surface area contributed by atoms with Crippen molar-refractivity contribution >= 4 is 51.8 Å². The second-order valence-corrected chi connectivity index (χ2v) is 12.9. The molecule has 0 amide bonds. The van der Waals surface area contributed by atoms with Crippen molar-refractivity contribution in [3.8, 4) is 11.1 Å². The maximum absolute atomic E-state index is 10.5. The maximum atomic E-state index is 10.5. The molecule has 0 bridgehead atoms. The molecule has 1 aromatic heterocycles. The number of aryl methyl sites for hydroxylation is 1. The Labute approximate surface area is 223 Å². The summed E-state index contributed by atoms with van der Waals surface area (Å²) in [5.74, 6) is 0. The van der Waals surface area contributed by atoms with Crippen molar-refractivity contribution in [2.75, 3.05) is 6.54 Å². The van der Waals surface area contributed by atoms with Crippen molar-refractivity contribution in [1.29, 1.82) is 0 Å². The van der Waals surface area contributed by atoms with E-state index in [1.807, 2.05) is 25.2 Å². The summed E-state index contributed by atoms with van der Waals surface area (Å²) in [6.45, 7) is 8.52. The minimum absolute atomic E-state index is 0.448. The molecule has 185 valence electrons. The molecule has 1 aliphatic carbocycles. The Morgan fingerprint density at radius 2 is 1.81 bits per heavy atom. The number of thiophene rings is 1. The number of rotatable bonds is 5. The first-order valence-electron chi connectivity index (χ1n) is 13.3. The van der Waals surface area contributed by atoms with Gasteiger partial charge in [-0.05, 0) is 57.7 Å². The zero-order valence-electron chi connectivity index (χ0n) is 21.9. The summed E-state index contributed by atoms with van der Waals surface area (Å²) in [6.07, 6.45) is 6.94. The Hall–Kier alpha value is -2.70. The molecule has 1 N–H and O–H groups in total. The number of quaternary nitrogens is 1. The van der Waals surface area contributed by atoms with Crippen molar-refractivity contribution in [1.82, 2.24) is 4.48 Å². The highest BCUT2D eigenvalue weighted by atomic mass is 32.1. The van der Waals surface area contributed by atoms with Gasteiger partial charge in [-0.15, -0.1) is 11.3 Å². The van der Waals surface area contributed by atoms with Crippen LogP contribution in [-0.2, 0) is 11.1 Å². The molecule has 1 saturated heterocycles. The van der Waals surface area contributed by atoms with Gasteiger partial charge in [0.1, 0.15) is 12.2 Å². The lowest BCUT2D eigenvalue weighted by atomic mass is 9.80. The molecule has 3 heterocycles. The quantitative estimate of drug-likeness (QED) is 0.179. The SMILES string of the molecule is CC(C)(O)C(C)(C)O[B]c1ccc2c(c1)-c1ccccc1C1C[N+]21c1cccc2c3c(sc12)CCC=C3. The van der Waals surface area contributed by atoms with Crippen molar-refractivity contribution < 1.29 is 9.76 Å². The van der Waals surface area contributed by atoms with Gasteiger partial charge in [0.25, 0.3) is 0 Å². The fourth-order valence-corrected chi connectivity index (χ4v) is 7.46. The summed E-state index contributed by atoms with van der Waals surface area (Å²) in [7, 11) is 1.81. The molecule has 2 aliphatic heterocycles. The van der Waals surface area contributed by atoms with E-state index in [1.165, 1.54) is 48.6 Å². The van der Waals surface area contributed by atoms with Gasteiger partial charge in [-0.25, -0.2) is 4.48 Å². The number of nitrogens with zero attached hydrogens (tertiary/aromatic N) is 1. The summed E-state index contributed by atoms with van der Waals surface area (Å²) in [6, 6.07) is 23.0. The molecule has 7 rings (SSSR count). The van der Waals surface area contributed by atoms with Crippen molar-refractivity contribution in [3.05, 3.63) is 82.7 Å². The first-order chi connectivity index (χ1) is 17.7. The van der Waals surface area contributed by atoms with Gasteiger partial charge in [0.15, 0.2) is 11.7 Å². The normalized spacial score (nSPS) is 21.7. The first-order valence-corrected chi connectivity index (χ1v) is 14.1. The van der Waals surface area contributed by atoms with Crippen LogP contribution in [0.5, 0.6) is 0 Å². The minimum atomic E-state index is -0.958. The van der Waals surface area contributed by atoms with Crippen LogP contribution in [0.4, 0.5) is 11.4 Å². The van der Waals surface area contributed by atoms with Crippen LogP contribution in [0.3, 0.4) is 0 Å². The lowest BCUT2D eigenvalue weighted by molar-refractivity contribution is -0.0893. The van der Waals surface area contributed by atoms with E-state index in [9.17, 15) is 5.11 Å². The minimum Gasteiger partial charge on any atom is -0.427 e. The summed E-state index contributed by atoms with van der Waals surface area (Å²) in [5.41, 5.74) is 7.62. The summed E-state index contributed by atoms with van der Waals surface area (Å²) < 4.78 is 8.46. The monoisotopic (exact) mass is 505 g/mol. The molecule has 3 aromatic carbocycles. The average molecular weight is 505 g/mol. The Kier molecular flexibility index (Phi) is 5.01. The topological polar surface area (TPSA) is 29.5 Å². The number of hydrogen-bond acceptors (Lipinski definition) is 3. The van der Waals surface area contributed by atoms with E-state index in [4.69, 9.17) is 4.65 Å². The fourth-order valence-electron chi connectivity index (χ4n) is 6.08. The largest absolute Gasteiger partial charge is 0.427 e. The first kappa shape index (κ1) is 23.4. The number of hydrogen-bond donors (Lipinski definition) is 1. The van der Waals surface area contributed by atoms with Crippen LogP contribution < -0.4 is 9.95 Å². The molecule has 0 spiro atoms. The Morgan fingerprint density at radius 3 is 2.65 bits per heavy atom. The highest BCUT2D eigenvalue weighted by Gasteiger charge is 2.64. The lowest BCUT2D eigenvalue weighted by Gasteiger charge is -2.37. The van der Waals surface area contributed by atoms with E-state index in [1.54, 1.807) is 21.3 Å². The second kappa shape index (κ2) is 7.91. The third kappa shape index (κ3) is 3.38. The third-order valence-corrected chi connectivity index (χ3v) is 10.2. The van der Waals surface area contributed by atoms with Crippen LogP contribution in [0.25, 0.3) is 27.3 Å². The van der Waals surface area contributed by atoms with Crippen LogP contribution in [-0.4, -0.2) is 30.3 Å². The van der Waals surface area contributed by atoms with E-state index < -0.39 is 11.2 Å². The van der Waals surface area contributed by atoms with Crippen LogP contribution >= 0.6 is 11.3 Å². The predicted molar refractivity (Wildman–Crippen MR) is 157 cm³/mol. The van der Waals surface area contributed by atoms with Crippen molar-refractivity contribution in [2.45, 2.75) is 57.8 Å². The van der Waals surface area contributed by atoms with Crippen LogP contribution in [0.1, 0.15) is 56.2 Å². The molecule has 2 atom stereocenters. The molecule has 3 nitrogen and oxygen atoms in total.